The highest BCUT2D eigenvalue weighted by Gasteiger charge is 2.32. The zero-order chi connectivity index (χ0) is 15.2. The third-order valence-electron chi connectivity index (χ3n) is 3.72. The normalized spacial score (nSPS) is 15.7. The molecule has 0 saturated heterocycles. The lowest BCUT2D eigenvalue weighted by atomic mass is 9.88. The van der Waals surface area contributed by atoms with E-state index in [0.717, 1.165) is 6.42 Å². The van der Waals surface area contributed by atoms with Gasteiger partial charge in [-0.2, -0.15) is 0 Å². The molecule has 0 rings (SSSR count). The molecular formula is C14H28N2O3. The predicted molar refractivity (Wildman–Crippen MR) is 76.1 cm³/mol. The quantitative estimate of drug-likeness (QED) is 0.748. The van der Waals surface area contributed by atoms with Gasteiger partial charge in [0.2, 0.25) is 0 Å². The fourth-order valence-corrected chi connectivity index (χ4v) is 1.79. The van der Waals surface area contributed by atoms with Crippen molar-refractivity contribution in [1.29, 1.82) is 0 Å². The van der Waals surface area contributed by atoms with E-state index in [-0.39, 0.29) is 18.6 Å². The summed E-state index contributed by atoms with van der Waals surface area (Å²) in [5.74, 6) is -0.363. The molecule has 0 radical (unpaired) electrons. The first-order chi connectivity index (χ1) is 8.64. The Bertz CT molecular complexity index is 318. The van der Waals surface area contributed by atoms with Crippen molar-refractivity contribution in [3.8, 4) is 0 Å². The second-order valence-corrected chi connectivity index (χ2v) is 5.97. The van der Waals surface area contributed by atoms with Crippen LogP contribution < -0.4 is 5.32 Å². The zero-order valence-corrected chi connectivity index (χ0v) is 13.0. The summed E-state index contributed by atoms with van der Waals surface area (Å²) in [4.78, 5) is 24.8. The first-order valence-corrected chi connectivity index (χ1v) is 6.88. The lowest BCUT2D eigenvalue weighted by Crippen LogP contribution is -2.47. The smallest absolute Gasteiger partial charge is 0.317 e. The van der Waals surface area contributed by atoms with Crippen molar-refractivity contribution in [2.45, 2.75) is 53.5 Å². The molecule has 5 heteroatoms. The number of carboxylic acid groups (broad SMARTS) is 1. The maximum absolute atomic E-state index is 12.0. The van der Waals surface area contributed by atoms with Gasteiger partial charge in [-0.05, 0) is 32.6 Å². The maximum atomic E-state index is 12.0. The molecule has 0 heterocycles. The van der Waals surface area contributed by atoms with Crippen LogP contribution in [0, 0.1) is 11.3 Å². The Morgan fingerprint density at radius 2 is 1.84 bits per heavy atom. The lowest BCUT2D eigenvalue weighted by Gasteiger charge is -2.29. The fourth-order valence-electron chi connectivity index (χ4n) is 1.79. The highest BCUT2D eigenvalue weighted by Crippen LogP contribution is 2.20. The number of nitrogens with zero attached hydrogens (tertiary/aromatic N) is 1. The first-order valence-electron chi connectivity index (χ1n) is 6.88. The van der Waals surface area contributed by atoms with E-state index in [1.807, 2.05) is 13.8 Å². The van der Waals surface area contributed by atoms with Gasteiger partial charge in [-0.15, -0.1) is 0 Å². The Morgan fingerprint density at radius 3 is 2.21 bits per heavy atom. The van der Waals surface area contributed by atoms with Gasteiger partial charge in [-0.1, -0.05) is 20.8 Å². The number of carbonyl (C=O) groups excluding carboxylic acids is 1. The van der Waals surface area contributed by atoms with Crippen LogP contribution in [0.3, 0.4) is 0 Å². The SMILES string of the molecule is CCC(C)(CNC(=O)N(C)C(C)CC(C)C)C(=O)O. The highest BCUT2D eigenvalue weighted by atomic mass is 16.4. The summed E-state index contributed by atoms with van der Waals surface area (Å²) in [6.45, 7) is 9.83. The van der Waals surface area contributed by atoms with Crippen LogP contribution in [0.25, 0.3) is 0 Å². The Hall–Kier alpha value is -1.26. The van der Waals surface area contributed by atoms with Gasteiger partial charge in [0, 0.05) is 19.6 Å². The summed E-state index contributed by atoms with van der Waals surface area (Å²) in [7, 11) is 1.74. The number of urea groups is 1. The number of carbonyl (C=O) groups is 2. The number of nitrogens with one attached hydrogen (secondary N) is 1. The standard InChI is InChI=1S/C14H28N2O3/c1-7-14(5,12(17)18)9-15-13(19)16(6)11(4)8-10(2)3/h10-11H,7-9H2,1-6H3,(H,15,19)(H,17,18). The van der Waals surface area contributed by atoms with Crippen LogP contribution in [-0.2, 0) is 4.79 Å². The van der Waals surface area contributed by atoms with Crippen molar-refractivity contribution < 1.29 is 14.7 Å². The van der Waals surface area contributed by atoms with E-state index in [1.54, 1.807) is 18.9 Å². The van der Waals surface area contributed by atoms with Gasteiger partial charge in [0.05, 0.1) is 5.41 Å². The van der Waals surface area contributed by atoms with Crippen LogP contribution in [0.1, 0.15) is 47.5 Å². The monoisotopic (exact) mass is 272 g/mol. The van der Waals surface area contributed by atoms with Crippen LogP contribution in [0.15, 0.2) is 0 Å². The molecule has 2 amide bonds. The number of hydrogen-bond donors (Lipinski definition) is 2. The van der Waals surface area contributed by atoms with Crippen molar-refractivity contribution in [2.24, 2.45) is 11.3 Å². The summed E-state index contributed by atoms with van der Waals surface area (Å²) in [6, 6.07) is -0.0771. The molecule has 0 aromatic carbocycles. The molecule has 0 bridgehead atoms. The van der Waals surface area contributed by atoms with Crippen molar-refractivity contribution in [3.63, 3.8) is 0 Å². The molecule has 0 aliphatic heterocycles. The largest absolute Gasteiger partial charge is 0.481 e. The maximum Gasteiger partial charge on any atom is 0.317 e. The van der Waals surface area contributed by atoms with Crippen molar-refractivity contribution in [2.75, 3.05) is 13.6 Å². The van der Waals surface area contributed by atoms with Crippen LogP contribution >= 0.6 is 0 Å². The van der Waals surface area contributed by atoms with Crippen LogP contribution in [0.4, 0.5) is 4.79 Å². The zero-order valence-electron chi connectivity index (χ0n) is 13.0. The second kappa shape index (κ2) is 7.36. The minimum Gasteiger partial charge on any atom is -0.481 e. The third kappa shape index (κ3) is 5.49. The van der Waals surface area contributed by atoms with E-state index in [1.165, 1.54) is 0 Å². The average molecular weight is 272 g/mol. The Balaban J connectivity index is 4.42. The molecule has 0 aliphatic rings. The number of amides is 2. The van der Waals surface area contributed by atoms with Crippen molar-refractivity contribution in [3.05, 3.63) is 0 Å². The van der Waals surface area contributed by atoms with Crippen LogP contribution in [-0.4, -0.2) is 41.6 Å². The number of hydrogen-bond acceptors (Lipinski definition) is 2. The average Bonchev–Trinajstić information content (AvgIpc) is 2.33. The van der Waals surface area contributed by atoms with Gasteiger partial charge in [0.1, 0.15) is 0 Å². The van der Waals surface area contributed by atoms with E-state index in [4.69, 9.17) is 5.11 Å². The second-order valence-electron chi connectivity index (χ2n) is 5.97. The molecule has 112 valence electrons. The van der Waals surface area contributed by atoms with Crippen molar-refractivity contribution in [1.82, 2.24) is 10.2 Å². The molecule has 2 atom stereocenters. The van der Waals surface area contributed by atoms with Crippen molar-refractivity contribution >= 4 is 12.0 Å². The Morgan fingerprint density at radius 1 is 1.32 bits per heavy atom. The molecule has 0 aromatic rings. The lowest BCUT2D eigenvalue weighted by molar-refractivity contribution is -0.147. The molecule has 19 heavy (non-hydrogen) atoms. The van der Waals surface area contributed by atoms with E-state index < -0.39 is 11.4 Å². The van der Waals surface area contributed by atoms with Crippen LogP contribution in [0.5, 0.6) is 0 Å². The Labute approximate surface area is 116 Å². The Kier molecular flexibility index (Phi) is 6.87. The number of rotatable bonds is 7. The van der Waals surface area contributed by atoms with E-state index in [2.05, 4.69) is 19.2 Å². The molecule has 0 fully saturated rings. The molecule has 0 aromatic heterocycles. The first kappa shape index (κ1) is 17.7. The number of aliphatic carboxylic acids is 1. The topological polar surface area (TPSA) is 69.6 Å². The van der Waals surface area contributed by atoms with E-state index >= 15 is 0 Å². The number of carboxylic acids is 1. The third-order valence-corrected chi connectivity index (χ3v) is 3.72. The van der Waals surface area contributed by atoms with Gasteiger partial charge in [-0.3, -0.25) is 4.79 Å². The molecular weight excluding hydrogens is 244 g/mol. The highest BCUT2D eigenvalue weighted by molar-refractivity contribution is 5.77. The minimum absolute atomic E-state index is 0.137. The predicted octanol–water partition coefficient (Wildman–Crippen LogP) is 2.56. The minimum atomic E-state index is -0.905. The van der Waals surface area contributed by atoms with Crippen LogP contribution in [0.2, 0.25) is 0 Å². The molecule has 2 N–H and O–H groups in total. The van der Waals surface area contributed by atoms with Gasteiger partial charge in [-0.25, -0.2) is 4.79 Å². The van der Waals surface area contributed by atoms with E-state index in [0.29, 0.717) is 12.3 Å². The molecule has 2 unspecified atom stereocenters. The fraction of sp³-hybridized carbons (Fsp3) is 0.857. The summed E-state index contributed by atoms with van der Waals surface area (Å²) in [5, 5.41) is 11.9. The molecule has 5 nitrogen and oxygen atoms in total. The summed E-state index contributed by atoms with van der Waals surface area (Å²) >= 11 is 0. The van der Waals surface area contributed by atoms with Gasteiger partial charge < -0.3 is 15.3 Å². The van der Waals surface area contributed by atoms with Gasteiger partial charge in [0.25, 0.3) is 0 Å². The molecule has 0 aliphatic carbocycles. The molecule has 0 saturated carbocycles. The van der Waals surface area contributed by atoms with Gasteiger partial charge in [0.15, 0.2) is 0 Å². The molecule has 0 spiro atoms. The van der Waals surface area contributed by atoms with E-state index in [9.17, 15) is 9.59 Å². The summed E-state index contributed by atoms with van der Waals surface area (Å²) in [5.41, 5.74) is -0.905. The summed E-state index contributed by atoms with van der Waals surface area (Å²) < 4.78 is 0. The van der Waals surface area contributed by atoms with Gasteiger partial charge >= 0.3 is 12.0 Å². The summed E-state index contributed by atoms with van der Waals surface area (Å²) in [6.07, 6.45) is 1.40.